The summed E-state index contributed by atoms with van der Waals surface area (Å²) in [7, 11) is 0. The Balaban J connectivity index is 2.37. The van der Waals surface area contributed by atoms with Crippen LogP contribution in [0.1, 0.15) is 24.2 Å². The summed E-state index contributed by atoms with van der Waals surface area (Å²) in [5, 5.41) is 7.60. The average Bonchev–Trinajstić information content (AvgIpc) is 2.45. The van der Waals surface area contributed by atoms with Gasteiger partial charge in [0.05, 0.1) is 6.54 Å². The lowest BCUT2D eigenvalue weighted by Gasteiger charge is -2.13. The molecule has 0 fully saturated rings. The molecule has 0 saturated heterocycles. The lowest BCUT2D eigenvalue weighted by molar-refractivity contribution is -0.128. The maximum absolute atomic E-state index is 11.7. The summed E-state index contributed by atoms with van der Waals surface area (Å²) in [6, 6.07) is 7.97. The van der Waals surface area contributed by atoms with Gasteiger partial charge >= 0.3 is 0 Å². The third-order valence-electron chi connectivity index (χ3n) is 2.57. The molecule has 0 aliphatic rings. The topological polar surface area (TPSA) is 87.3 Å². The van der Waals surface area contributed by atoms with Gasteiger partial charge in [-0.1, -0.05) is 18.2 Å². The van der Waals surface area contributed by atoms with Gasteiger partial charge in [-0.05, 0) is 26.0 Å². The first-order chi connectivity index (χ1) is 9.54. The second kappa shape index (κ2) is 7.93. The zero-order chi connectivity index (χ0) is 15.0. The van der Waals surface area contributed by atoms with Gasteiger partial charge in [0.15, 0.2) is 0 Å². The van der Waals surface area contributed by atoms with E-state index in [4.69, 9.17) is 0 Å². The number of carbonyl (C=O) groups excluding carboxylic acids is 3. The zero-order valence-corrected chi connectivity index (χ0v) is 11.6. The minimum Gasteiger partial charge on any atom is -0.355 e. The highest BCUT2D eigenvalue weighted by molar-refractivity contribution is 5.97. The fourth-order valence-corrected chi connectivity index (χ4v) is 1.54. The molecule has 3 amide bonds. The molecule has 0 aliphatic carbocycles. The predicted molar refractivity (Wildman–Crippen MR) is 75.1 cm³/mol. The van der Waals surface area contributed by atoms with E-state index in [-0.39, 0.29) is 18.4 Å². The van der Waals surface area contributed by atoms with Gasteiger partial charge in [0, 0.05) is 12.1 Å². The number of likely N-dealkylation sites (N-methyl/N-ethyl adjacent to an activating group) is 1. The number of benzene rings is 1. The molecule has 0 spiro atoms. The fraction of sp³-hybridized carbons (Fsp3) is 0.357. The zero-order valence-electron chi connectivity index (χ0n) is 11.6. The first-order valence-corrected chi connectivity index (χ1v) is 6.45. The van der Waals surface area contributed by atoms with Gasteiger partial charge in [-0.25, -0.2) is 0 Å². The van der Waals surface area contributed by atoms with Crippen LogP contribution in [-0.2, 0) is 9.59 Å². The quantitative estimate of drug-likeness (QED) is 0.687. The summed E-state index contributed by atoms with van der Waals surface area (Å²) < 4.78 is 0. The van der Waals surface area contributed by atoms with Crippen molar-refractivity contribution >= 4 is 17.7 Å². The molecule has 0 bridgehead atoms. The van der Waals surface area contributed by atoms with Crippen molar-refractivity contribution < 1.29 is 14.4 Å². The Morgan fingerprint density at radius 2 is 1.75 bits per heavy atom. The number of amides is 3. The van der Waals surface area contributed by atoms with E-state index in [1.807, 2.05) is 0 Å². The minimum atomic E-state index is -0.629. The summed E-state index contributed by atoms with van der Waals surface area (Å²) in [4.78, 5) is 34.7. The van der Waals surface area contributed by atoms with Gasteiger partial charge in [-0.2, -0.15) is 0 Å². The summed E-state index contributed by atoms with van der Waals surface area (Å²) in [6.45, 7) is 3.72. The molecular formula is C14H19N3O3. The van der Waals surface area contributed by atoms with Crippen LogP contribution in [0.3, 0.4) is 0 Å². The highest BCUT2D eigenvalue weighted by atomic mass is 16.2. The van der Waals surface area contributed by atoms with Crippen LogP contribution in [0.25, 0.3) is 0 Å². The van der Waals surface area contributed by atoms with Crippen LogP contribution >= 0.6 is 0 Å². The summed E-state index contributed by atoms with van der Waals surface area (Å²) >= 11 is 0. The molecule has 6 heteroatoms. The molecule has 3 N–H and O–H groups in total. The van der Waals surface area contributed by atoms with Gasteiger partial charge in [0.2, 0.25) is 11.8 Å². The average molecular weight is 277 g/mol. The third kappa shape index (κ3) is 5.09. The van der Waals surface area contributed by atoms with Crippen molar-refractivity contribution in [1.82, 2.24) is 16.0 Å². The van der Waals surface area contributed by atoms with Gasteiger partial charge in [-0.3, -0.25) is 14.4 Å². The Kier molecular flexibility index (Phi) is 6.22. The van der Waals surface area contributed by atoms with Crippen LogP contribution in [0.2, 0.25) is 0 Å². The predicted octanol–water partition coefficient (Wildman–Crippen LogP) is 0.0572. The molecule has 0 radical (unpaired) electrons. The van der Waals surface area contributed by atoms with E-state index in [2.05, 4.69) is 16.0 Å². The van der Waals surface area contributed by atoms with Crippen LogP contribution in [-0.4, -0.2) is 36.9 Å². The second-order valence-corrected chi connectivity index (χ2v) is 4.23. The molecule has 0 saturated carbocycles. The molecule has 0 unspecified atom stereocenters. The number of rotatable bonds is 6. The highest BCUT2D eigenvalue weighted by Gasteiger charge is 2.15. The molecular weight excluding hydrogens is 258 g/mol. The molecule has 1 atom stereocenters. The molecule has 1 aromatic rings. The van der Waals surface area contributed by atoms with Crippen LogP contribution in [0.5, 0.6) is 0 Å². The van der Waals surface area contributed by atoms with Crippen molar-refractivity contribution in [3.05, 3.63) is 35.9 Å². The standard InChI is InChI=1S/C14H19N3O3/c1-3-15-13(19)10(2)17-12(18)9-16-14(20)11-7-5-4-6-8-11/h4-8,10H,3,9H2,1-2H3,(H,15,19)(H,16,20)(H,17,18)/t10-/m0/s1. The second-order valence-electron chi connectivity index (χ2n) is 4.23. The normalized spacial score (nSPS) is 11.3. The number of hydrogen-bond donors (Lipinski definition) is 3. The van der Waals surface area contributed by atoms with Crippen molar-refractivity contribution in [3.63, 3.8) is 0 Å². The molecule has 108 valence electrons. The maximum Gasteiger partial charge on any atom is 0.251 e. The lowest BCUT2D eigenvalue weighted by Crippen LogP contribution is -2.47. The largest absolute Gasteiger partial charge is 0.355 e. The van der Waals surface area contributed by atoms with Crippen molar-refractivity contribution in [1.29, 1.82) is 0 Å². The molecule has 6 nitrogen and oxygen atoms in total. The Bertz CT molecular complexity index is 474. The van der Waals surface area contributed by atoms with E-state index in [0.717, 1.165) is 0 Å². The maximum atomic E-state index is 11.7. The van der Waals surface area contributed by atoms with Crippen LogP contribution in [0, 0.1) is 0 Å². The molecule has 1 aromatic carbocycles. The number of carbonyl (C=O) groups is 3. The van der Waals surface area contributed by atoms with Gasteiger partial charge in [0.25, 0.3) is 5.91 Å². The first-order valence-electron chi connectivity index (χ1n) is 6.45. The molecule has 0 heterocycles. The molecule has 0 aliphatic heterocycles. The van der Waals surface area contributed by atoms with Crippen LogP contribution in [0.15, 0.2) is 30.3 Å². The monoisotopic (exact) mass is 277 g/mol. The first kappa shape index (κ1) is 15.7. The van der Waals surface area contributed by atoms with Crippen LogP contribution in [0.4, 0.5) is 0 Å². The van der Waals surface area contributed by atoms with E-state index in [1.54, 1.807) is 44.2 Å². The SMILES string of the molecule is CCNC(=O)[C@H](C)NC(=O)CNC(=O)c1ccccc1. The fourth-order valence-electron chi connectivity index (χ4n) is 1.54. The molecule has 0 aromatic heterocycles. The molecule has 20 heavy (non-hydrogen) atoms. The lowest BCUT2D eigenvalue weighted by atomic mass is 10.2. The third-order valence-corrected chi connectivity index (χ3v) is 2.57. The number of hydrogen-bond acceptors (Lipinski definition) is 3. The summed E-state index contributed by atoms with van der Waals surface area (Å²) in [5.41, 5.74) is 0.483. The van der Waals surface area contributed by atoms with E-state index in [1.165, 1.54) is 0 Å². The summed E-state index contributed by atoms with van der Waals surface area (Å²) in [5.74, 6) is -0.991. The van der Waals surface area contributed by atoms with Crippen LogP contribution < -0.4 is 16.0 Å². The van der Waals surface area contributed by atoms with Gasteiger partial charge in [-0.15, -0.1) is 0 Å². The Morgan fingerprint density at radius 1 is 1.10 bits per heavy atom. The van der Waals surface area contributed by atoms with Crippen molar-refractivity contribution in [3.8, 4) is 0 Å². The van der Waals surface area contributed by atoms with Gasteiger partial charge < -0.3 is 16.0 Å². The Hall–Kier alpha value is -2.37. The minimum absolute atomic E-state index is 0.169. The van der Waals surface area contributed by atoms with E-state index < -0.39 is 11.9 Å². The van der Waals surface area contributed by atoms with Crippen molar-refractivity contribution in [2.24, 2.45) is 0 Å². The van der Waals surface area contributed by atoms with E-state index >= 15 is 0 Å². The summed E-state index contributed by atoms with van der Waals surface area (Å²) in [6.07, 6.45) is 0. The smallest absolute Gasteiger partial charge is 0.251 e. The number of nitrogens with one attached hydrogen (secondary N) is 3. The van der Waals surface area contributed by atoms with Crippen molar-refractivity contribution in [2.75, 3.05) is 13.1 Å². The van der Waals surface area contributed by atoms with Crippen molar-refractivity contribution in [2.45, 2.75) is 19.9 Å². The highest BCUT2D eigenvalue weighted by Crippen LogP contribution is 1.97. The Morgan fingerprint density at radius 3 is 2.35 bits per heavy atom. The van der Waals surface area contributed by atoms with E-state index in [0.29, 0.717) is 12.1 Å². The van der Waals surface area contributed by atoms with E-state index in [9.17, 15) is 14.4 Å². The van der Waals surface area contributed by atoms with Gasteiger partial charge in [0.1, 0.15) is 6.04 Å². The Labute approximate surface area is 117 Å². The molecule has 1 rings (SSSR count).